The Bertz CT molecular complexity index is 576. The fraction of sp³-hybridized carbons (Fsp3) is 0.727. The molecule has 4 heteroatoms. The van der Waals surface area contributed by atoms with Crippen molar-refractivity contribution in [2.24, 2.45) is 0 Å². The van der Waals surface area contributed by atoms with Crippen LogP contribution in [0.4, 0.5) is 4.39 Å². The molecular weight excluding hydrogens is 351 g/mol. The minimum absolute atomic E-state index is 0.186. The predicted octanol–water partition coefficient (Wildman–Crippen LogP) is 6.60. The standard InChI is InChI=1S/C22H32ClFO2/c1-3-14-26-18-10-6-15(7-11-18)19-12-13-20(22(24)21(19)23)16-4-8-17(25-2)9-5-16/h12-13,15-18H,3-11,14H2,1-2H3. The number of benzene rings is 1. The minimum Gasteiger partial charge on any atom is -0.381 e. The van der Waals surface area contributed by atoms with Crippen LogP contribution in [0.25, 0.3) is 0 Å². The van der Waals surface area contributed by atoms with Crippen molar-refractivity contribution in [2.45, 2.75) is 88.8 Å². The molecule has 1 aromatic carbocycles. The predicted molar refractivity (Wildman–Crippen MR) is 105 cm³/mol. The van der Waals surface area contributed by atoms with Crippen LogP contribution >= 0.6 is 11.6 Å². The fourth-order valence-electron chi connectivity index (χ4n) is 4.64. The van der Waals surface area contributed by atoms with E-state index in [4.69, 9.17) is 21.1 Å². The molecule has 2 aliphatic rings. The lowest BCUT2D eigenvalue weighted by atomic mass is 9.79. The van der Waals surface area contributed by atoms with Gasteiger partial charge in [-0.2, -0.15) is 0 Å². The SMILES string of the molecule is CCCOC1CCC(c2ccc(C3CCC(OC)CC3)c(F)c2Cl)CC1. The van der Waals surface area contributed by atoms with E-state index in [0.717, 1.165) is 75.5 Å². The van der Waals surface area contributed by atoms with E-state index in [1.54, 1.807) is 7.11 Å². The lowest BCUT2D eigenvalue weighted by Crippen LogP contribution is -2.22. The van der Waals surface area contributed by atoms with Gasteiger partial charge in [0.25, 0.3) is 0 Å². The molecule has 2 nitrogen and oxygen atoms in total. The molecule has 146 valence electrons. The molecule has 0 saturated heterocycles. The summed E-state index contributed by atoms with van der Waals surface area (Å²) in [5.74, 6) is 0.442. The van der Waals surface area contributed by atoms with Crippen molar-refractivity contribution >= 4 is 11.6 Å². The van der Waals surface area contributed by atoms with Gasteiger partial charge in [0.2, 0.25) is 0 Å². The molecule has 0 amide bonds. The van der Waals surface area contributed by atoms with Gasteiger partial charge in [-0.15, -0.1) is 0 Å². The number of halogens is 2. The highest BCUT2D eigenvalue weighted by Gasteiger charge is 2.29. The van der Waals surface area contributed by atoms with E-state index in [0.29, 0.717) is 23.1 Å². The maximum absolute atomic E-state index is 15.0. The molecule has 26 heavy (non-hydrogen) atoms. The molecule has 2 fully saturated rings. The van der Waals surface area contributed by atoms with Crippen LogP contribution in [-0.2, 0) is 9.47 Å². The summed E-state index contributed by atoms with van der Waals surface area (Å²) in [5, 5.41) is 0.356. The normalized spacial score (nSPS) is 29.7. The van der Waals surface area contributed by atoms with Crippen LogP contribution in [0.15, 0.2) is 12.1 Å². The topological polar surface area (TPSA) is 18.5 Å². The molecule has 1 aromatic rings. The number of ether oxygens (including phenoxy) is 2. The second kappa shape index (κ2) is 9.52. The molecule has 0 N–H and O–H groups in total. The maximum Gasteiger partial charge on any atom is 0.145 e. The minimum atomic E-state index is -0.186. The quantitative estimate of drug-likeness (QED) is 0.551. The molecule has 3 rings (SSSR count). The van der Waals surface area contributed by atoms with Crippen LogP contribution in [0, 0.1) is 5.82 Å². The maximum atomic E-state index is 15.0. The molecule has 0 bridgehead atoms. The van der Waals surface area contributed by atoms with Gasteiger partial charge in [0, 0.05) is 13.7 Å². The van der Waals surface area contributed by atoms with Crippen LogP contribution in [0.3, 0.4) is 0 Å². The van der Waals surface area contributed by atoms with Gasteiger partial charge in [-0.25, -0.2) is 4.39 Å². The molecule has 0 unspecified atom stereocenters. The Kier molecular flexibility index (Phi) is 7.36. The molecule has 0 spiro atoms. The highest BCUT2D eigenvalue weighted by atomic mass is 35.5. The summed E-state index contributed by atoms with van der Waals surface area (Å²) in [5.41, 5.74) is 1.79. The third-order valence-corrected chi connectivity index (χ3v) is 6.65. The van der Waals surface area contributed by atoms with E-state index in [1.165, 1.54) is 0 Å². The monoisotopic (exact) mass is 382 g/mol. The summed E-state index contributed by atoms with van der Waals surface area (Å²) < 4.78 is 26.3. The van der Waals surface area contributed by atoms with Gasteiger partial charge in [-0.05, 0) is 80.8 Å². The van der Waals surface area contributed by atoms with Crippen LogP contribution < -0.4 is 0 Å². The van der Waals surface area contributed by atoms with Crippen molar-refractivity contribution in [1.82, 2.24) is 0 Å². The van der Waals surface area contributed by atoms with Gasteiger partial charge in [-0.3, -0.25) is 0 Å². The highest BCUT2D eigenvalue weighted by Crippen LogP contribution is 2.42. The molecule has 0 atom stereocenters. The van der Waals surface area contributed by atoms with Crippen molar-refractivity contribution in [2.75, 3.05) is 13.7 Å². The van der Waals surface area contributed by atoms with Gasteiger partial charge >= 0.3 is 0 Å². The summed E-state index contributed by atoms with van der Waals surface area (Å²) >= 11 is 6.50. The average molecular weight is 383 g/mol. The van der Waals surface area contributed by atoms with E-state index >= 15 is 4.39 Å². The first-order valence-corrected chi connectivity index (χ1v) is 10.6. The zero-order valence-electron chi connectivity index (χ0n) is 16.1. The van der Waals surface area contributed by atoms with Crippen LogP contribution in [0.2, 0.25) is 5.02 Å². The Hall–Kier alpha value is -0.640. The van der Waals surface area contributed by atoms with Crippen LogP contribution in [-0.4, -0.2) is 25.9 Å². The molecule has 0 aliphatic heterocycles. The average Bonchev–Trinajstić information content (AvgIpc) is 2.69. The van der Waals surface area contributed by atoms with Crippen LogP contribution in [0.1, 0.15) is 87.7 Å². The number of methoxy groups -OCH3 is 1. The first kappa shape index (κ1) is 20.1. The first-order chi connectivity index (χ1) is 12.6. The van der Waals surface area contributed by atoms with Gasteiger partial charge in [0.15, 0.2) is 0 Å². The largest absolute Gasteiger partial charge is 0.381 e. The Labute approximate surface area is 162 Å². The number of rotatable bonds is 6. The summed E-state index contributed by atoms with van der Waals surface area (Å²) in [6.07, 6.45) is 9.87. The Morgan fingerprint density at radius 1 is 0.923 bits per heavy atom. The molecule has 2 aliphatic carbocycles. The number of hydrogen-bond acceptors (Lipinski definition) is 2. The lowest BCUT2D eigenvalue weighted by Gasteiger charge is -2.31. The summed E-state index contributed by atoms with van der Waals surface area (Å²) in [6, 6.07) is 4.08. The van der Waals surface area contributed by atoms with Crippen molar-refractivity contribution < 1.29 is 13.9 Å². The summed E-state index contributed by atoms with van der Waals surface area (Å²) in [7, 11) is 1.76. The van der Waals surface area contributed by atoms with E-state index in [-0.39, 0.29) is 11.7 Å². The molecule has 0 heterocycles. The first-order valence-electron chi connectivity index (χ1n) is 10.3. The second-order valence-electron chi connectivity index (χ2n) is 7.93. The summed E-state index contributed by atoms with van der Waals surface area (Å²) in [4.78, 5) is 0. The van der Waals surface area contributed by atoms with Crippen molar-refractivity contribution in [1.29, 1.82) is 0 Å². The fourth-order valence-corrected chi connectivity index (χ4v) is 4.97. The molecular formula is C22H32ClFO2. The second-order valence-corrected chi connectivity index (χ2v) is 8.30. The van der Waals surface area contributed by atoms with Crippen molar-refractivity contribution in [3.8, 4) is 0 Å². The van der Waals surface area contributed by atoms with Gasteiger partial charge < -0.3 is 9.47 Å². The van der Waals surface area contributed by atoms with Crippen molar-refractivity contribution in [3.05, 3.63) is 34.1 Å². The third-order valence-electron chi connectivity index (χ3n) is 6.26. The third kappa shape index (κ3) is 4.61. The Morgan fingerprint density at radius 2 is 1.46 bits per heavy atom. The Balaban J connectivity index is 1.65. The van der Waals surface area contributed by atoms with Crippen molar-refractivity contribution in [3.63, 3.8) is 0 Å². The zero-order chi connectivity index (χ0) is 18.5. The highest BCUT2D eigenvalue weighted by molar-refractivity contribution is 6.31. The Morgan fingerprint density at radius 3 is 2.04 bits per heavy atom. The van der Waals surface area contributed by atoms with E-state index in [1.807, 2.05) is 6.07 Å². The smallest absolute Gasteiger partial charge is 0.145 e. The van der Waals surface area contributed by atoms with E-state index in [9.17, 15) is 0 Å². The van der Waals surface area contributed by atoms with E-state index < -0.39 is 0 Å². The van der Waals surface area contributed by atoms with Gasteiger partial charge in [-0.1, -0.05) is 30.7 Å². The zero-order valence-corrected chi connectivity index (χ0v) is 16.9. The summed E-state index contributed by atoms with van der Waals surface area (Å²) in [6.45, 7) is 2.97. The van der Waals surface area contributed by atoms with Gasteiger partial charge in [0.05, 0.1) is 17.2 Å². The lowest BCUT2D eigenvalue weighted by molar-refractivity contribution is 0.0251. The van der Waals surface area contributed by atoms with Gasteiger partial charge in [0.1, 0.15) is 5.82 Å². The number of hydrogen-bond donors (Lipinski definition) is 0. The van der Waals surface area contributed by atoms with E-state index in [2.05, 4.69) is 13.0 Å². The van der Waals surface area contributed by atoms with Crippen LogP contribution in [0.5, 0.6) is 0 Å². The molecule has 2 saturated carbocycles. The molecule has 0 aromatic heterocycles. The molecule has 0 radical (unpaired) electrons.